The number of halogens is 1. The molecule has 4 nitrogen and oxygen atoms in total. The first-order valence-electron chi connectivity index (χ1n) is 5.90. The van der Waals surface area contributed by atoms with Gasteiger partial charge in [0.2, 0.25) is 0 Å². The monoisotopic (exact) mass is 314 g/mol. The number of hydrogen-bond donors (Lipinski definition) is 1. The lowest BCUT2D eigenvalue weighted by atomic mass is 9.93. The van der Waals surface area contributed by atoms with Crippen LogP contribution in [0.2, 0.25) is 0 Å². The molecule has 0 radical (unpaired) electrons. The fourth-order valence-electron chi connectivity index (χ4n) is 2.08. The SMILES string of the molecule is CCc1c(C(C)C(=O)O)cc2c(c1Br)OCCO2. The average molecular weight is 315 g/mol. The number of hydrogen-bond acceptors (Lipinski definition) is 3. The zero-order chi connectivity index (χ0) is 13.3. The van der Waals surface area contributed by atoms with Crippen molar-refractivity contribution in [2.75, 3.05) is 13.2 Å². The van der Waals surface area contributed by atoms with E-state index < -0.39 is 11.9 Å². The summed E-state index contributed by atoms with van der Waals surface area (Å²) in [5.41, 5.74) is 1.75. The van der Waals surface area contributed by atoms with Crippen LogP contribution in [0.15, 0.2) is 10.5 Å². The molecule has 1 aliphatic heterocycles. The van der Waals surface area contributed by atoms with Gasteiger partial charge in [0, 0.05) is 0 Å². The highest BCUT2D eigenvalue weighted by molar-refractivity contribution is 9.10. The van der Waals surface area contributed by atoms with Gasteiger partial charge < -0.3 is 14.6 Å². The van der Waals surface area contributed by atoms with Crippen molar-refractivity contribution in [1.29, 1.82) is 0 Å². The molecule has 1 heterocycles. The number of carboxylic acid groups (broad SMARTS) is 1. The standard InChI is InChI=1S/C13H15BrO4/c1-3-8-9(7(2)13(15)16)6-10-12(11(8)14)18-5-4-17-10/h6-7H,3-5H2,1-2H3,(H,15,16). The topological polar surface area (TPSA) is 55.8 Å². The minimum atomic E-state index is -0.840. The zero-order valence-electron chi connectivity index (χ0n) is 10.3. The fraction of sp³-hybridized carbons (Fsp3) is 0.462. The van der Waals surface area contributed by atoms with Crippen molar-refractivity contribution in [1.82, 2.24) is 0 Å². The van der Waals surface area contributed by atoms with E-state index in [0.29, 0.717) is 24.7 Å². The van der Waals surface area contributed by atoms with Crippen molar-refractivity contribution in [3.05, 3.63) is 21.7 Å². The van der Waals surface area contributed by atoms with Crippen LogP contribution in [0.3, 0.4) is 0 Å². The Morgan fingerprint density at radius 2 is 2.17 bits per heavy atom. The van der Waals surface area contributed by atoms with Gasteiger partial charge in [0.15, 0.2) is 11.5 Å². The van der Waals surface area contributed by atoms with E-state index in [1.54, 1.807) is 13.0 Å². The van der Waals surface area contributed by atoms with Crippen molar-refractivity contribution >= 4 is 21.9 Å². The number of aliphatic carboxylic acids is 1. The van der Waals surface area contributed by atoms with Gasteiger partial charge in [-0.15, -0.1) is 0 Å². The second kappa shape index (κ2) is 5.18. The van der Waals surface area contributed by atoms with Crippen molar-refractivity contribution in [2.45, 2.75) is 26.2 Å². The molecular formula is C13H15BrO4. The summed E-state index contributed by atoms with van der Waals surface area (Å²) in [7, 11) is 0. The highest BCUT2D eigenvalue weighted by atomic mass is 79.9. The van der Waals surface area contributed by atoms with E-state index in [1.165, 1.54) is 0 Å². The molecule has 2 rings (SSSR count). The van der Waals surface area contributed by atoms with Crippen LogP contribution in [0.25, 0.3) is 0 Å². The molecule has 0 aromatic heterocycles. The Hall–Kier alpha value is -1.23. The second-order valence-corrected chi connectivity index (χ2v) is 4.99. The Bertz CT molecular complexity index is 484. The Morgan fingerprint density at radius 1 is 1.50 bits per heavy atom. The van der Waals surface area contributed by atoms with E-state index in [9.17, 15) is 4.79 Å². The smallest absolute Gasteiger partial charge is 0.310 e. The minimum Gasteiger partial charge on any atom is -0.486 e. The molecule has 0 amide bonds. The Kier molecular flexibility index (Phi) is 3.80. The molecule has 0 spiro atoms. The average Bonchev–Trinajstić information content (AvgIpc) is 2.37. The predicted molar refractivity (Wildman–Crippen MR) is 70.6 cm³/mol. The van der Waals surface area contributed by atoms with Crippen molar-refractivity contribution in [2.24, 2.45) is 0 Å². The van der Waals surface area contributed by atoms with E-state index >= 15 is 0 Å². The van der Waals surface area contributed by atoms with Crippen LogP contribution in [0.4, 0.5) is 0 Å². The molecule has 1 N–H and O–H groups in total. The van der Waals surface area contributed by atoms with Gasteiger partial charge in [-0.25, -0.2) is 0 Å². The van der Waals surface area contributed by atoms with Gasteiger partial charge in [0.05, 0.1) is 10.4 Å². The maximum atomic E-state index is 11.2. The molecule has 1 aromatic carbocycles. The van der Waals surface area contributed by atoms with E-state index in [0.717, 1.165) is 22.0 Å². The van der Waals surface area contributed by atoms with Gasteiger partial charge in [-0.3, -0.25) is 4.79 Å². The molecule has 18 heavy (non-hydrogen) atoms. The zero-order valence-corrected chi connectivity index (χ0v) is 11.9. The number of carboxylic acids is 1. The first-order valence-corrected chi connectivity index (χ1v) is 6.69. The van der Waals surface area contributed by atoms with Crippen LogP contribution < -0.4 is 9.47 Å². The lowest BCUT2D eigenvalue weighted by Crippen LogP contribution is -2.18. The number of ether oxygens (including phenoxy) is 2. The van der Waals surface area contributed by atoms with E-state index in [4.69, 9.17) is 14.6 Å². The number of rotatable bonds is 3. The molecule has 98 valence electrons. The third kappa shape index (κ3) is 2.19. The molecule has 0 saturated carbocycles. The van der Waals surface area contributed by atoms with E-state index in [-0.39, 0.29) is 0 Å². The molecule has 0 bridgehead atoms. The number of benzene rings is 1. The summed E-state index contributed by atoms with van der Waals surface area (Å²) in [6, 6.07) is 1.79. The third-order valence-electron chi connectivity index (χ3n) is 3.10. The summed E-state index contributed by atoms with van der Waals surface area (Å²) < 4.78 is 11.9. The summed E-state index contributed by atoms with van der Waals surface area (Å²) in [6.07, 6.45) is 0.740. The summed E-state index contributed by atoms with van der Waals surface area (Å²) >= 11 is 3.50. The summed E-state index contributed by atoms with van der Waals surface area (Å²) in [4.78, 5) is 11.2. The van der Waals surface area contributed by atoms with E-state index in [2.05, 4.69) is 15.9 Å². The van der Waals surface area contributed by atoms with Gasteiger partial charge >= 0.3 is 5.97 Å². The largest absolute Gasteiger partial charge is 0.486 e. The second-order valence-electron chi connectivity index (χ2n) is 4.20. The molecule has 1 aliphatic rings. The van der Waals surface area contributed by atoms with Crippen LogP contribution in [0.5, 0.6) is 11.5 Å². The highest BCUT2D eigenvalue weighted by Gasteiger charge is 2.25. The normalized spacial score (nSPS) is 15.3. The maximum absolute atomic E-state index is 11.2. The molecule has 0 fully saturated rings. The predicted octanol–water partition coefficient (Wildman–Crippen LogP) is 2.97. The Morgan fingerprint density at radius 3 is 2.78 bits per heavy atom. The van der Waals surface area contributed by atoms with Gasteiger partial charge in [0.1, 0.15) is 13.2 Å². The molecule has 0 saturated heterocycles. The first kappa shape index (κ1) is 13.2. The summed E-state index contributed by atoms with van der Waals surface area (Å²) in [5, 5.41) is 9.16. The molecule has 5 heteroatoms. The molecule has 1 unspecified atom stereocenters. The Balaban J connectivity index is 2.58. The van der Waals surface area contributed by atoms with E-state index in [1.807, 2.05) is 6.92 Å². The lowest BCUT2D eigenvalue weighted by Gasteiger charge is -2.24. The minimum absolute atomic E-state index is 0.492. The lowest BCUT2D eigenvalue weighted by molar-refractivity contribution is -0.138. The quantitative estimate of drug-likeness (QED) is 0.932. The molecule has 1 atom stereocenters. The number of carbonyl (C=O) groups is 1. The van der Waals surface area contributed by atoms with Gasteiger partial charge in [-0.05, 0) is 46.5 Å². The molecule has 0 aliphatic carbocycles. The van der Waals surface area contributed by atoms with Gasteiger partial charge in [0.25, 0.3) is 0 Å². The first-order chi connectivity index (χ1) is 8.56. The third-order valence-corrected chi connectivity index (χ3v) is 3.94. The summed E-state index contributed by atoms with van der Waals surface area (Å²) in [6.45, 7) is 4.68. The summed E-state index contributed by atoms with van der Waals surface area (Å²) in [5.74, 6) is -0.104. The van der Waals surface area contributed by atoms with Gasteiger partial charge in [-0.1, -0.05) is 6.92 Å². The Labute approximate surface area is 114 Å². The van der Waals surface area contributed by atoms with Crippen LogP contribution in [0, 0.1) is 0 Å². The van der Waals surface area contributed by atoms with Crippen molar-refractivity contribution < 1.29 is 19.4 Å². The molecule has 1 aromatic rings. The van der Waals surface area contributed by atoms with Gasteiger partial charge in [-0.2, -0.15) is 0 Å². The number of fused-ring (bicyclic) bond motifs is 1. The molecular weight excluding hydrogens is 300 g/mol. The van der Waals surface area contributed by atoms with Crippen LogP contribution in [-0.4, -0.2) is 24.3 Å². The maximum Gasteiger partial charge on any atom is 0.310 e. The van der Waals surface area contributed by atoms with Crippen molar-refractivity contribution in [3.8, 4) is 11.5 Å². The highest BCUT2D eigenvalue weighted by Crippen LogP contribution is 2.43. The van der Waals surface area contributed by atoms with Crippen LogP contribution in [0.1, 0.15) is 30.9 Å². The van der Waals surface area contributed by atoms with Crippen molar-refractivity contribution in [3.63, 3.8) is 0 Å². The fourth-order valence-corrected chi connectivity index (χ4v) is 2.90. The van der Waals surface area contributed by atoms with Crippen LogP contribution >= 0.6 is 15.9 Å². The van der Waals surface area contributed by atoms with Crippen LogP contribution in [-0.2, 0) is 11.2 Å².